The molecular weight excluding hydrogens is 356 g/mol. The molecule has 0 N–H and O–H groups in total. The second-order valence-electron chi connectivity index (χ2n) is 6.43. The van der Waals surface area contributed by atoms with Gasteiger partial charge in [-0.3, -0.25) is 9.97 Å². The molecule has 2 aromatic heterocycles. The van der Waals surface area contributed by atoms with Gasteiger partial charge in [0.25, 0.3) is 0 Å². The SMILES string of the molecule is Clc1cccc([Si]2(c3ccccc3)c3cccnc3-c3ncccc32)c1. The Labute approximate surface area is 158 Å². The standard InChI is InChI=1S/C22H15ClN2Si/c23-16-7-4-10-18(15-16)26(17-8-2-1-3-9-17)19-11-5-13-24-21(19)22-20(26)12-6-14-25-22/h1-15H. The van der Waals surface area contributed by atoms with Gasteiger partial charge < -0.3 is 0 Å². The van der Waals surface area contributed by atoms with Crippen molar-refractivity contribution in [2.24, 2.45) is 0 Å². The third kappa shape index (κ3) is 2.05. The van der Waals surface area contributed by atoms with Crippen molar-refractivity contribution in [1.29, 1.82) is 0 Å². The first kappa shape index (κ1) is 15.5. The molecule has 26 heavy (non-hydrogen) atoms. The highest BCUT2D eigenvalue weighted by Gasteiger charge is 2.49. The second-order valence-corrected chi connectivity index (χ2v) is 10.6. The van der Waals surface area contributed by atoms with Gasteiger partial charge in [0.2, 0.25) is 0 Å². The van der Waals surface area contributed by atoms with Gasteiger partial charge in [0.15, 0.2) is 8.07 Å². The lowest BCUT2D eigenvalue weighted by Gasteiger charge is -2.30. The lowest BCUT2D eigenvalue weighted by atomic mass is 10.2. The fourth-order valence-electron chi connectivity index (χ4n) is 4.14. The first-order chi connectivity index (χ1) is 12.8. The molecule has 0 spiro atoms. The average Bonchev–Trinajstić information content (AvgIpc) is 3.00. The molecule has 0 saturated carbocycles. The molecule has 0 bridgehead atoms. The summed E-state index contributed by atoms with van der Waals surface area (Å²) in [5.74, 6) is 0. The molecule has 0 fully saturated rings. The largest absolute Gasteiger partial charge is 0.255 e. The summed E-state index contributed by atoms with van der Waals surface area (Å²) in [6.07, 6.45) is 3.70. The van der Waals surface area contributed by atoms with E-state index in [0.717, 1.165) is 16.4 Å². The average molecular weight is 371 g/mol. The molecule has 0 saturated heterocycles. The van der Waals surface area contributed by atoms with Crippen molar-refractivity contribution < 1.29 is 0 Å². The van der Waals surface area contributed by atoms with E-state index in [9.17, 15) is 0 Å². The van der Waals surface area contributed by atoms with Crippen LogP contribution >= 0.6 is 11.6 Å². The molecule has 3 heterocycles. The highest BCUT2D eigenvalue weighted by molar-refractivity contribution is 7.22. The van der Waals surface area contributed by atoms with Crippen LogP contribution in [0.2, 0.25) is 5.02 Å². The summed E-state index contributed by atoms with van der Waals surface area (Å²) in [6.45, 7) is 0. The monoisotopic (exact) mass is 370 g/mol. The van der Waals surface area contributed by atoms with Crippen LogP contribution in [0.1, 0.15) is 0 Å². The Morgan fingerprint density at radius 2 is 1.23 bits per heavy atom. The van der Waals surface area contributed by atoms with Gasteiger partial charge in [-0.1, -0.05) is 66.2 Å². The van der Waals surface area contributed by atoms with Crippen molar-refractivity contribution in [2.75, 3.05) is 0 Å². The summed E-state index contributed by atoms with van der Waals surface area (Å²) in [6, 6.07) is 27.5. The highest BCUT2D eigenvalue weighted by Crippen LogP contribution is 2.25. The predicted molar refractivity (Wildman–Crippen MR) is 110 cm³/mol. The summed E-state index contributed by atoms with van der Waals surface area (Å²) >= 11 is 6.42. The Balaban J connectivity index is 1.98. The highest BCUT2D eigenvalue weighted by atomic mass is 35.5. The van der Waals surface area contributed by atoms with E-state index in [4.69, 9.17) is 21.6 Å². The van der Waals surface area contributed by atoms with E-state index >= 15 is 0 Å². The van der Waals surface area contributed by atoms with Crippen LogP contribution in [-0.4, -0.2) is 18.0 Å². The molecule has 5 rings (SSSR count). The minimum Gasteiger partial charge on any atom is -0.255 e. The number of hydrogen-bond acceptors (Lipinski definition) is 2. The van der Waals surface area contributed by atoms with Crippen molar-refractivity contribution in [3.05, 3.63) is 96.3 Å². The summed E-state index contributed by atoms with van der Waals surface area (Å²) in [5.41, 5.74) is 2.00. The van der Waals surface area contributed by atoms with E-state index in [-0.39, 0.29) is 0 Å². The third-order valence-electron chi connectivity index (χ3n) is 5.11. The molecule has 2 aromatic carbocycles. The van der Waals surface area contributed by atoms with Crippen LogP contribution in [0.25, 0.3) is 11.4 Å². The fraction of sp³-hybridized carbons (Fsp3) is 0. The smallest absolute Gasteiger partial charge is 0.184 e. The summed E-state index contributed by atoms with van der Waals surface area (Å²) in [5, 5.41) is 5.90. The van der Waals surface area contributed by atoms with E-state index in [0.29, 0.717) is 0 Å². The summed E-state index contributed by atoms with van der Waals surface area (Å²) in [7, 11) is -2.47. The van der Waals surface area contributed by atoms with E-state index in [1.54, 1.807) is 0 Å². The number of nitrogens with zero attached hydrogens (tertiary/aromatic N) is 2. The van der Waals surface area contributed by atoms with Crippen molar-refractivity contribution in [1.82, 2.24) is 9.97 Å². The molecule has 4 heteroatoms. The zero-order chi connectivity index (χ0) is 17.6. The zero-order valence-corrected chi connectivity index (χ0v) is 15.7. The van der Waals surface area contributed by atoms with Crippen LogP contribution in [0.4, 0.5) is 0 Å². The van der Waals surface area contributed by atoms with Gasteiger partial charge in [-0.25, -0.2) is 0 Å². The van der Waals surface area contributed by atoms with Crippen LogP contribution < -0.4 is 20.7 Å². The lowest BCUT2D eigenvalue weighted by molar-refractivity contribution is 1.28. The minimum absolute atomic E-state index is 0.757. The molecule has 124 valence electrons. The number of halogens is 1. The van der Waals surface area contributed by atoms with Crippen LogP contribution in [0.3, 0.4) is 0 Å². The van der Waals surface area contributed by atoms with Gasteiger partial charge in [-0.2, -0.15) is 0 Å². The van der Waals surface area contributed by atoms with E-state index in [2.05, 4.69) is 54.6 Å². The second kappa shape index (κ2) is 5.90. The minimum atomic E-state index is -2.47. The predicted octanol–water partition coefficient (Wildman–Crippen LogP) is 2.49. The van der Waals surface area contributed by atoms with E-state index in [1.807, 2.05) is 36.7 Å². The van der Waals surface area contributed by atoms with E-state index in [1.165, 1.54) is 20.7 Å². The van der Waals surface area contributed by atoms with Crippen LogP contribution in [0.5, 0.6) is 0 Å². The Hall–Kier alpha value is -2.75. The van der Waals surface area contributed by atoms with Gasteiger partial charge >= 0.3 is 0 Å². The third-order valence-corrected chi connectivity index (χ3v) is 10.1. The van der Waals surface area contributed by atoms with Crippen LogP contribution in [0, 0.1) is 0 Å². The molecule has 0 amide bonds. The van der Waals surface area contributed by atoms with Gasteiger partial charge in [-0.15, -0.1) is 0 Å². The molecule has 1 aliphatic rings. The maximum absolute atomic E-state index is 6.42. The molecule has 1 aliphatic heterocycles. The normalized spacial score (nSPS) is 13.9. The number of hydrogen-bond donors (Lipinski definition) is 0. The Morgan fingerprint density at radius 3 is 1.85 bits per heavy atom. The zero-order valence-electron chi connectivity index (χ0n) is 13.9. The maximum atomic E-state index is 6.42. The van der Waals surface area contributed by atoms with Crippen LogP contribution in [0.15, 0.2) is 91.3 Å². The lowest BCUT2D eigenvalue weighted by Crippen LogP contribution is -2.72. The molecule has 0 atom stereocenters. The number of benzene rings is 2. The Bertz CT molecular complexity index is 1070. The quantitative estimate of drug-likeness (QED) is 0.446. The Morgan fingerprint density at radius 1 is 0.615 bits per heavy atom. The first-order valence-electron chi connectivity index (χ1n) is 8.55. The van der Waals surface area contributed by atoms with Crippen LogP contribution in [-0.2, 0) is 0 Å². The van der Waals surface area contributed by atoms with Gasteiger partial charge in [-0.05, 0) is 45.0 Å². The topological polar surface area (TPSA) is 25.8 Å². The molecule has 0 radical (unpaired) electrons. The van der Waals surface area contributed by atoms with Crippen molar-refractivity contribution in [3.8, 4) is 11.4 Å². The van der Waals surface area contributed by atoms with Crippen molar-refractivity contribution in [2.45, 2.75) is 0 Å². The van der Waals surface area contributed by atoms with Crippen molar-refractivity contribution in [3.63, 3.8) is 0 Å². The summed E-state index contributed by atoms with van der Waals surface area (Å²) < 4.78 is 0. The Kier molecular flexibility index (Phi) is 3.52. The van der Waals surface area contributed by atoms with Gasteiger partial charge in [0.1, 0.15) is 0 Å². The first-order valence-corrected chi connectivity index (χ1v) is 10.9. The molecule has 0 aliphatic carbocycles. The number of pyridine rings is 2. The summed E-state index contributed by atoms with van der Waals surface area (Å²) in [4.78, 5) is 9.42. The molecular formula is C22H15ClN2Si. The molecule has 4 aromatic rings. The fourth-order valence-corrected chi connectivity index (χ4v) is 9.47. The van der Waals surface area contributed by atoms with Gasteiger partial charge in [0, 0.05) is 17.4 Å². The maximum Gasteiger partial charge on any atom is 0.184 e. The van der Waals surface area contributed by atoms with Crippen molar-refractivity contribution >= 4 is 40.4 Å². The molecule has 2 nitrogen and oxygen atoms in total. The number of aromatic nitrogens is 2. The van der Waals surface area contributed by atoms with E-state index < -0.39 is 8.07 Å². The number of rotatable bonds is 2. The number of fused-ring (bicyclic) bond motifs is 3. The van der Waals surface area contributed by atoms with Gasteiger partial charge in [0.05, 0.1) is 11.4 Å². The molecule has 0 unspecified atom stereocenters.